The number of methoxy groups -OCH3 is 1. The van der Waals surface area contributed by atoms with Crippen molar-refractivity contribution in [3.05, 3.63) is 45.8 Å². The van der Waals surface area contributed by atoms with Crippen LogP contribution in [0, 0.1) is 6.92 Å². The van der Waals surface area contributed by atoms with Crippen LogP contribution in [-0.2, 0) is 11.3 Å². The Morgan fingerprint density at radius 1 is 1.23 bits per heavy atom. The second-order valence-electron chi connectivity index (χ2n) is 7.90. The van der Waals surface area contributed by atoms with E-state index >= 15 is 0 Å². The minimum absolute atomic E-state index is 0.0263. The molecular weight excluding hydrogens is 398 g/mol. The molecule has 4 rings (SSSR count). The smallest absolute Gasteiger partial charge is 0.263 e. The number of likely N-dealkylation sites (N-methyl/N-ethyl adjacent to an activating group) is 1. The Morgan fingerprint density at radius 2 is 1.93 bits per heavy atom. The topological polar surface area (TPSA) is 64.4 Å². The molecule has 0 atom stereocenters. The number of hydrogen-bond acceptors (Lipinski definition) is 5. The number of rotatable bonds is 5. The van der Waals surface area contributed by atoms with Gasteiger partial charge in [0.15, 0.2) is 0 Å². The number of carbonyl (C=O) groups excluding carboxylic acids is 1. The van der Waals surface area contributed by atoms with Gasteiger partial charge in [-0.1, -0.05) is 31.4 Å². The van der Waals surface area contributed by atoms with Crippen molar-refractivity contribution in [2.75, 3.05) is 14.2 Å². The Kier molecular flexibility index (Phi) is 5.90. The number of nitrogens with zero attached hydrogens (tertiary/aromatic N) is 3. The zero-order valence-corrected chi connectivity index (χ0v) is 18.5. The molecule has 7 heteroatoms. The number of aryl methyl sites for hydroxylation is 1. The highest BCUT2D eigenvalue weighted by atomic mass is 32.1. The largest absolute Gasteiger partial charge is 0.497 e. The monoisotopic (exact) mass is 425 g/mol. The van der Waals surface area contributed by atoms with Crippen LogP contribution in [0.5, 0.6) is 5.75 Å². The van der Waals surface area contributed by atoms with Gasteiger partial charge in [-0.3, -0.25) is 14.2 Å². The molecule has 2 aromatic heterocycles. The summed E-state index contributed by atoms with van der Waals surface area (Å²) in [6, 6.07) is 7.90. The molecule has 1 fully saturated rings. The van der Waals surface area contributed by atoms with Gasteiger partial charge in [-0.2, -0.15) is 0 Å². The minimum atomic E-state index is -0.157. The van der Waals surface area contributed by atoms with Crippen LogP contribution in [0.1, 0.15) is 37.9 Å². The third-order valence-corrected chi connectivity index (χ3v) is 6.97. The summed E-state index contributed by atoms with van der Waals surface area (Å²) in [5.41, 5.74) is 1.62. The minimum Gasteiger partial charge on any atom is -0.497 e. The summed E-state index contributed by atoms with van der Waals surface area (Å²) in [4.78, 5) is 33.5. The van der Waals surface area contributed by atoms with Crippen molar-refractivity contribution in [3.63, 3.8) is 0 Å². The van der Waals surface area contributed by atoms with Gasteiger partial charge in [0.05, 0.1) is 12.5 Å². The molecule has 0 N–H and O–H groups in total. The highest BCUT2D eigenvalue weighted by Crippen LogP contribution is 2.32. The number of amides is 1. The fraction of sp³-hybridized carbons (Fsp3) is 0.435. The molecule has 6 nitrogen and oxygen atoms in total. The van der Waals surface area contributed by atoms with Crippen LogP contribution >= 0.6 is 11.3 Å². The number of fused-ring (bicyclic) bond motifs is 1. The second-order valence-corrected chi connectivity index (χ2v) is 8.76. The predicted molar refractivity (Wildman–Crippen MR) is 120 cm³/mol. The zero-order chi connectivity index (χ0) is 21.3. The fourth-order valence-electron chi connectivity index (χ4n) is 4.21. The first-order valence-corrected chi connectivity index (χ1v) is 11.3. The third kappa shape index (κ3) is 3.86. The van der Waals surface area contributed by atoms with Crippen molar-refractivity contribution in [1.82, 2.24) is 14.5 Å². The van der Waals surface area contributed by atoms with Crippen molar-refractivity contribution in [1.29, 1.82) is 0 Å². The molecule has 0 saturated heterocycles. The second kappa shape index (κ2) is 8.60. The van der Waals surface area contributed by atoms with E-state index in [4.69, 9.17) is 4.74 Å². The van der Waals surface area contributed by atoms with E-state index in [1.807, 2.05) is 41.6 Å². The maximum Gasteiger partial charge on any atom is 0.263 e. The van der Waals surface area contributed by atoms with E-state index < -0.39 is 0 Å². The lowest BCUT2D eigenvalue weighted by Gasteiger charge is -2.31. The summed E-state index contributed by atoms with van der Waals surface area (Å²) in [6.07, 6.45) is 5.65. The van der Waals surface area contributed by atoms with Crippen molar-refractivity contribution in [3.8, 4) is 16.9 Å². The van der Waals surface area contributed by atoms with Gasteiger partial charge in [0.1, 0.15) is 22.9 Å². The molecule has 1 aliphatic rings. The Hall–Kier alpha value is -2.67. The molecule has 0 aliphatic heterocycles. The number of carbonyl (C=O) groups is 1. The molecule has 1 amide bonds. The maximum absolute atomic E-state index is 13.4. The van der Waals surface area contributed by atoms with Crippen LogP contribution in [0.4, 0.5) is 0 Å². The van der Waals surface area contributed by atoms with Crippen LogP contribution < -0.4 is 10.3 Å². The predicted octanol–water partition coefficient (Wildman–Crippen LogP) is 4.23. The van der Waals surface area contributed by atoms with Crippen molar-refractivity contribution >= 4 is 27.5 Å². The quantitative estimate of drug-likeness (QED) is 0.614. The van der Waals surface area contributed by atoms with Crippen molar-refractivity contribution in [2.24, 2.45) is 0 Å². The van der Waals surface area contributed by atoms with Crippen LogP contribution in [-0.4, -0.2) is 40.6 Å². The zero-order valence-electron chi connectivity index (χ0n) is 17.7. The number of aromatic nitrogens is 2. The molecule has 0 unspecified atom stereocenters. The van der Waals surface area contributed by atoms with Gasteiger partial charge in [-0.05, 0) is 37.5 Å². The molecule has 1 saturated carbocycles. The molecule has 0 radical (unpaired) electrons. The van der Waals surface area contributed by atoms with Crippen LogP contribution in [0.25, 0.3) is 21.3 Å². The summed E-state index contributed by atoms with van der Waals surface area (Å²) in [5.74, 6) is 1.30. The Bertz CT molecular complexity index is 1110. The van der Waals surface area contributed by atoms with Gasteiger partial charge < -0.3 is 9.64 Å². The van der Waals surface area contributed by atoms with Crippen molar-refractivity contribution in [2.45, 2.75) is 51.6 Å². The van der Waals surface area contributed by atoms with Gasteiger partial charge in [-0.15, -0.1) is 11.3 Å². The van der Waals surface area contributed by atoms with E-state index in [-0.39, 0.29) is 24.1 Å². The Balaban J connectivity index is 1.68. The van der Waals surface area contributed by atoms with Crippen LogP contribution in [0.2, 0.25) is 0 Å². The molecule has 0 spiro atoms. The highest BCUT2D eigenvalue weighted by molar-refractivity contribution is 7.17. The molecule has 1 aromatic carbocycles. The molecule has 158 valence electrons. The van der Waals surface area contributed by atoms with Crippen molar-refractivity contribution < 1.29 is 9.53 Å². The summed E-state index contributed by atoms with van der Waals surface area (Å²) >= 11 is 1.45. The number of ether oxygens (including phenoxy) is 1. The molecular formula is C23H27N3O3S. The summed E-state index contributed by atoms with van der Waals surface area (Å²) < 4.78 is 6.75. The highest BCUT2D eigenvalue weighted by Gasteiger charge is 2.24. The lowest BCUT2D eigenvalue weighted by molar-refractivity contribution is -0.133. The van der Waals surface area contributed by atoms with E-state index in [1.165, 1.54) is 22.3 Å². The molecule has 1 aliphatic carbocycles. The van der Waals surface area contributed by atoms with Crippen LogP contribution in [0.3, 0.4) is 0 Å². The summed E-state index contributed by atoms with van der Waals surface area (Å²) in [7, 11) is 3.49. The van der Waals surface area contributed by atoms with Gasteiger partial charge in [0, 0.05) is 24.0 Å². The van der Waals surface area contributed by atoms with E-state index in [2.05, 4.69) is 4.98 Å². The summed E-state index contributed by atoms with van der Waals surface area (Å²) in [6.45, 7) is 1.82. The molecule has 30 heavy (non-hydrogen) atoms. The van der Waals surface area contributed by atoms with Gasteiger partial charge in [0.25, 0.3) is 5.56 Å². The number of benzene rings is 1. The number of hydrogen-bond donors (Lipinski definition) is 0. The maximum atomic E-state index is 13.4. The van der Waals surface area contributed by atoms with Gasteiger partial charge >= 0.3 is 0 Å². The van der Waals surface area contributed by atoms with E-state index in [9.17, 15) is 9.59 Å². The SMILES string of the molecule is COc1ccc(-c2csc3nc(C)n(CC(=O)N(C)C4CCCCC4)c(=O)c23)cc1. The normalized spacial score (nSPS) is 14.8. The first-order valence-electron chi connectivity index (χ1n) is 10.4. The lowest BCUT2D eigenvalue weighted by Crippen LogP contribution is -2.42. The average Bonchev–Trinajstić information content (AvgIpc) is 3.20. The first kappa shape index (κ1) is 20.6. The van der Waals surface area contributed by atoms with Crippen LogP contribution in [0.15, 0.2) is 34.4 Å². The third-order valence-electron chi connectivity index (χ3n) is 6.09. The Labute approximate surface area is 180 Å². The standard InChI is InChI=1S/C23H27N3O3S/c1-15-24-22-21(19(14-30-22)16-9-11-18(29-3)12-10-16)23(28)26(15)13-20(27)25(2)17-7-5-4-6-8-17/h9-12,14,17H,4-8,13H2,1-3H3. The van der Waals surface area contributed by atoms with Gasteiger partial charge in [0.2, 0.25) is 5.91 Å². The van der Waals surface area contributed by atoms with E-state index in [0.717, 1.165) is 42.6 Å². The fourth-order valence-corrected chi connectivity index (χ4v) is 5.20. The Morgan fingerprint density at radius 3 is 2.60 bits per heavy atom. The summed E-state index contributed by atoms with van der Waals surface area (Å²) in [5, 5.41) is 2.53. The lowest BCUT2D eigenvalue weighted by atomic mass is 9.94. The molecule has 3 aromatic rings. The van der Waals surface area contributed by atoms with Gasteiger partial charge in [-0.25, -0.2) is 4.98 Å². The molecule has 0 bridgehead atoms. The number of thiophene rings is 1. The van der Waals surface area contributed by atoms with E-state index in [0.29, 0.717) is 16.0 Å². The van der Waals surface area contributed by atoms with E-state index in [1.54, 1.807) is 14.0 Å². The molecule has 2 heterocycles. The average molecular weight is 426 g/mol. The first-order chi connectivity index (χ1) is 14.5.